The van der Waals surface area contributed by atoms with E-state index in [4.69, 9.17) is 22.1 Å². The van der Waals surface area contributed by atoms with E-state index in [0.717, 1.165) is 29.4 Å². The van der Waals surface area contributed by atoms with Gasteiger partial charge in [0.15, 0.2) is 0 Å². The van der Waals surface area contributed by atoms with Crippen LogP contribution in [-0.2, 0) is 24.1 Å². The van der Waals surface area contributed by atoms with E-state index in [-0.39, 0.29) is 12.1 Å². The Morgan fingerprint density at radius 2 is 2.06 bits per heavy atom. The molecule has 18 heavy (non-hydrogen) atoms. The van der Waals surface area contributed by atoms with Crippen LogP contribution in [0.25, 0.3) is 0 Å². The highest BCUT2D eigenvalue weighted by Gasteiger charge is 2.17. The number of halogens is 1. The summed E-state index contributed by atoms with van der Waals surface area (Å²) in [6, 6.07) is -0.0448. The van der Waals surface area contributed by atoms with Gasteiger partial charge in [0.1, 0.15) is 0 Å². The maximum atomic E-state index is 6.34. The minimum atomic E-state index is -0.0448. The molecule has 0 amide bonds. The number of aromatic nitrogens is 2. The van der Waals surface area contributed by atoms with Crippen LogP contribution in [0.1, 0.15) is 39.1 Å². The highest BCUT2D eigenvalue weighted by molar-refractivity contribution is 6.31. The summed E-state index contributed by atoms with van der Waals surface area (Å²) in [5.41, 5.74) is 8.05. The first-order valence-electron chi connectivity index (χ1n) is 6.60. The summed E-state index contributed by atoms with van der Waals surface area (Å²) in [4.78, 5) is 0. The molecule has 0 aromatic carbocycles. The quantitative estimate of drug-likeness (QED) is 0.830. The van der Waals surface area contributed by atoms with Crippen LogP contribution in [0.3, 0.4) is 0 Å². The highest BCUT2D eigenvalue weighted by Crippen LogP contribution is 2.22. The molecule has 1 atom stereocenters. The van der Waals surface area contributed by atoms with E-state index in [1.807, 2.05) is 18.5 Å². The highest BCUT2D eigenvalue weighted by atomic mass is 35.5. The zero-order valence-electron chi connectivity index (χ0n) is 11.7. The lowest BCUT2D eigenvalue weighted by molar-refractivity contribution is 0.0681. The Balaban J connectivity index is 2.73. The first-order valence-corrected chi connectivity index (χ1v) is 6.98. The second-order valence-corrected chi connectivity index (χ2v) is 5.10. The molecule has 2 N–H and O–H groups in total. The third-order valence-corrected chi connectivity index (χ3v) is 3.23. The predicted molar refractivity (Wildman–Crippen MR) is 75.1 cm³/mol. The number of hydrogen-bond acceptors (Lipinski definition) is 3. The van der Waals surface area contributed by atoms with E-state index in [1.54, 1.807) is 0 Å². The molecular formula is C13H24ClN3O. The van der Waals surface area contributed by atoms with Gasteiger partial charge in [-0.15, -0.1) is 0 Å². The molecule has 1 heterocycles. The molecule has 0 spiro atoms. The summed E-state index contributed by atoms with van der Waals surface area (Å²) in [7, 11) is 0. The molecule has 5 heteroatoms. The predicted octanol–water partition coefficient (Wildman–Crippen LogP) is 2.41. The van der Waals surface area contributed by atoms with Crippen LogP contribution in [0.2, 0.25) is 5.02 Å². The summed E-state index contributed by atoms with van der Waals surface area (Å²) in [6.07, 6.45) is 1.75. The number of nitrogens with zero attached hydrogens (tertiary/aromatic N) is 2. The Morgan fingerprint density at radius 3 is 2.56 bits per heavy atom. The SMILES string of the molecule is CCc1nn(CC)c(CC(N)COC(C)C)c1Cl. The number of rotatable bonds is 7. The second kappa shape index (κ2) is 7.12. The van der Waals surface area contributed by atoms with Gasteiger partial charge in [0.05, 0.1) is 29.1 Å². The fourth-order valence-electron chi connectivity index (χ4n) is 1.84. The maximum absolute atomic E-state index is 6.34. The van der Waals surface area contributed by atoms with E-state index < -0.39 is 0 Å². The molecule has 4 nitrogen and oxygen atoms in total. The van der Waals surface area contributed by atoms with Gasteiger partial charge in [0, 0.05) is 19.0 Å². The van der Waals surface area contributed by atoms with Crippen molar-refractivity contribution in [2.75, 3.05) is 6.61 Å². The molecular weight excluding hydrogens is 250 g/mol. The molecule has 1 aromatic rings. The molecule has 104 valence electrons. The number of nitrogens with two attached hydrogens (primary N) is 1. The van der Waals surface area contributed by atoms with Crippen LogP contribution in [0, 0.1) is 0 Å². The van der Waals surface area contributed by atoms with Gasteiger partial charge < -0.3 is 10.5 Å². The summed E-state index contributed by atoms with van der Waals surface area (Å²) >= 11 is 6.34. The van der Waals surface area contributed by atoms with Crippen LogP contribution in [0.15, 0.2) is 0 Å². The van der Waals surface area contributed by atoms with Gasteiger partial charge in [-0.25, -0.2) is 0 Å². The molecule has 1 unspecified atom stereocenters. The van der Waals surface area contributed by atoms with Gasteiger partial charge in [-0.2, -0.15) is 5.10 Å². The van der Waals surface area contributed by atoms with Crippen molar-refractivity contribution in [1.82, 2.24) is 9.78 Å². The average molecular weight is 274 g/mol. The van der Waals surface area contributed by atoms with Crippen molar-refractivity contribution < 1.29 is 4.74 Å². The van der Waals surface area contributed by atoms with Crippen LogP contribution < -0.4 is 5.73 Å². The molecule has 0 radical (unpaired) electrons. The Bertz CT molecular complexity index is 377. The van der Waals surface area contributed by atoms with Crippen molar-refractivity contribution in [3.63, 3.8) is 0 Å². The fourth-order valence-corrected chi connectivity index (χ4v) is 2.18. The summed E-state index contributed by atoms with van der Waals surface area (Å²) < 4.78 is 7.47. The smallest absolute Gasteiger partial charge is 0.0850 e. The summed E-state index contributed by atoms with van der Waals surface area (Å²) in [6.45, 7) is 9.48. The Labute approximate surface area is 114 Å². The lowest BCUT2D eigenvalue weighted by Crippen LogP contribution is -2.31. The average Bonchev–Trinajstić information content (AvgIpc) is 2.63. The topological polar surface area (TPSA) is 53.1 Å². The summed E-state index contributed by atoms with van der Waals surface area (Å²) in [5, 5.41) is 5.25. The van der Waals surface area contributed by atoms with E-state index in [9.17, 15) is 0 Å². The summed E-state index contributed by atoms with van der Waals surface area (Å²) in [5.74, 6) is 0. The maximum Gasteiger partial charge on any atom is 0.0850 e. The standard InChI is InChI=1S/C13H24ClN3O/c1-5-11-13(14)12(17(6-2)16-11)7-10(15)8-18-9(3)4/h9-10H,5-8,15H2,1-4H3. The van der Waals surface area contributed by atoms with Gasteiger partial charge in [0.25, 0.3) is 0 Å². The van der Waals surface area contributed by atoms with Crippen LogP contribution in [-0.4, -0.2) is 28.5 Å². The fraction of sp³-hybridized carbons (Fsp3) is 0.769. The van der Waals surface area contributed by atoms with Crippen molar-refractivity contribution in [2.24, 2.45) is 5.73 Å². The monoisotopic (exact) mass is 273 g/mol. The minimum absolute atomic E-state index is 0.0448. The Hall–Kier alpha value is -0.580. The normalized spacial score (nSPS) is 13.3. The molecule has 1 rings (SSSR count). The van der Waals surface area contributed by atoms with E-state index in [2.05, 4.69) is 18.9 Å². The number of aryl methyl sites for hydroxylation is 2. The van der Waals surface area contributed by atoms with Crippen LogP contribution >= 0.6 is 11.6 Å². The third kappa shape index (κ3) is 3.97. The molecule has 0 aliphatic carbocycles. The second-order valence-electron chi connectivity index (χ2n) is 4.72. The van der Waals surface area contributed by atoms with Gasteiger partial charge in [-0.05, 0) is 27.2 Å². The van der Waals surface area contributed by atoms with Crippen molar-refractivity contribution in [1.29, 1.82) is 0 Å². The molecule has 0 bridgehead atoms. The zero-order valence-corrected chi connectivity index (χ0v) is 12.5. The van der Waals surface area contributed by atoms with Gasteiger partial charge in [-0.1, -0.05) is 18.5 Å². The lowest BCUT2D eigenvalue weighted by atomic mass is 10.1. The van der Waals surface area contributed by atoms with Crippen molar-refractivity contribution in [3.05, 3.63) is 16.4 Å². The van der Waals surface area contributed by atoms with Crippen molar-refractivity contribution in [3.8, 4) is 0 Å². The van der Waals surface area contributed by atoms with Crippen LogP contribution in [0.5, 0.6) is 0 Å². The lowest BCUT2D eigenvalue weighted by Gasteiger charge is -2.15. The molecule has 0 aliphatic heterocycles. The van der Waals surface area contributed by atoms with Gasteiger partial charge >= 0.3 is 0 Å². The zero-order chi connectivity index (χ0) is 13.7. The molecule has 0 fully saturated rings. The van der Waals surface area contributed by atoms with E-state index in [1.165, 1.54) is 0 Å². The molecule has 0 saturated heterocycles. The van der Waals surface area contributed by atoms with Gasteiger partial charge in [-0.3, -0.25) is 4.68 Å². The first kappa shape index (κ1) is 15.5. The molecule has 0 aliphatic rings. The van der Waals surface area contributed by atoms with Crippen molar-refractivity contribution >= 4 is 11.6 Å². The Morgan fingerprint density at radius 1 is 1.39 bits per heavy atom. The van der Waals surface area contributed by atoms with Crippen molar-refractivity contribution in [2.45, 2.75) is 59.2 Å². The molecule has 1 aromatic heterocycles. The largest absolute Gasteiger partial charge is 0.377 e. The Kier molecular flexibility index (Phi) is 6.12. The van der Waals surface area contributed by atoms with E-state index >= 15 is 0 Å². The van der Waals surface area contributed by atoms with Gasteiger partial charge in [0.2, 0.25) is 0 Å². The van der Waals surface area contributed by atoms with E-state index in [0.29, 0.717) is 13.0 Å². The molecule has 0 saturated carbocycles. The van der Waals surface area contributed by atoms with Crippen LogP contribution in [0.4, 0.5) is 0 Å². The minimum Gasteiger partial charge on any atom is -0.377 e. The number of hydrogen-bond donors (Lipinski definition) is 1. The third-order valence-electron chi connectivity index (χ3n) is 2.79. The first-order chi connectivity index (χ1) is 8.49. The number of ether oxygens (including phenoxy) is 1.